The van der Waals surface area contributed by atoms with Gasteiger partial charge < -0.3 is 0 Å². The average molecular weight is 275 g/mol. The molecular weight excluding hydrogens is 260 g/mol. The number of alkyl halides is 1. The van der Waals surface area contributed by atoms with Crippen LogP contribution >= 0.6 is 27.3 Å². The molecule has 0 aliphatic carbocycles. The van der Waals surface area contributed by atoms with E-state index in [0.29, 0.717) is 0 Å². The van der Waals surface area contributed by atoms with Gasteiger partial charge in [-0.05, 0) is 25.3 Å². The largest absolute Gasteiger partial charge is 0.296 e. The zero-order valence-electron chi connectivity index (χ0n) is 8.16. The highest BCUT2D eigenvalue weighted by molar-refractivity contribution is 9.09. The van der Waals surface area contributed by atoms with E-state index in [1.165, 1.54) is 30.9 Å². The Morgan fingerprint density at radius 2 is 2.57 bits per heavy atom. The highest BCUT2D eigenvalue weighted by Crippen LogP contribution is 2.20. The number of hydrogen-bond acceptors (Lipinski definition) is 3. The molecule has 0 saturated carbocycles. The molecule has 1 fully saturated rings. The Balaban J connectivity index is 1.86. The minimum atomic E-state index is 0.837. The van der Waals surface area contributed by atoms with E-state index in [0.717, 1.165) is 17.8 Å². The molecule has 1 atom stereocenters. The van der Waals surface area contributed by atoms with Gasteiger partial charge in [-0.15, -0.1) is 11.3 Å². The first-order valence-electron chi connectivity index (χ1n) is 5.05. The van der Waals surface area contributed by atoms with Crippen LogP contribution in [-0.4, -0.2) is 28.3 Å². The molecule has 2 nitrogen and oxygen atoms in total. The summed E-state index contributed by atoms with van der Waals surface area (Å²) in [4.78, 5) is 6.85. The standard InChI is InChI=1S/C10H15BrN2S/c11-6-9-2-1-4-13(7-9)8-10-12-3-5-14-10/h3,5,9H,1-2,4,6-8H2. The van der Waals surface area contributed by atoms with Crippen LogP contribution < -0.4 is 0 Å². The molecular formula is C10H15BrN2S. The SMILES string of the molecule is BrCC1CCCN(Cc2nccs2)C1. The number of nitrogens with zero attached hydrogens (tertiary/aromatic N) is 2. The van der Waals surface area contributed by atoms with Gasteiger partial charge in [0, 0.05) is 23.5 Å². The Morgan fingerprint density at radius 1 is 1.64 bits per heavy atom. The summed E-state index contributed by atoms with van der Waals surface area (Å²) in [6, 6.07) is 0. The molecule has 0 N–H and O–H groups in total. The van der Waals surface area contributed by atoms with Gasteiger partial charge in [0.25, 0.3) is 0 Å². The molecule has 1 aliphatic heterocycles. The van der Waals surface area contributed by atoms with Crippen molar-refractivity contribution in [3.05, 3.63) is 16.6 Å². The minimum Gasteiger partial charge on any atom is -0.296 e. The van der Waals surface area contributed by atoms with Crippen LogP contribution in [0.3, 0.4) is 0 Å². The summed E-state index contributed by atoms with van der Waals surface area (Å²) in [5.74, 6) is 0.837. The minimum absolute atomic E-state index is 0.837. The highest BCUT2D eigenvalue weighted by Gasteiger charge is 2.19. The number of rotatable bonds is 3. The summed E-state index contributed by atoms with van der Waals surface area (Å²) in [5, 5.41) is 4.45. The zero-order valence-corrected chi connectivity index (χ0v) is 10.6. The van der Waals surface area contributed by atoms with Crippen LogP contribution in [-0.2, 0) is 6.54 Å². The maximum Gasteiger partial charge on any atom is 0.107 e. The monoisotopic (exact) mass is 274 g/mol. The van der Waals surface area contributed by atoms with Gasteiger partial charge in [0.2, 0.25) is 0 Å². The van der Waals surface area contributed by atoms with Crippen molar-refractivity contribution < 1.29 is 0 Å². The van der Waals surface area contributed by atoms with E-state index in [-0.39, 0.29) is 0 Å². The molecule has 0 bridgehead atoms. The van der Waals surface area contributed by atoms with Crippen molar-refractivity contribution in [1.82, 2.24) is 9.88 Å². The number of aromatic nitrogens is 1. The molecule has 1 saturated heterocycles. The van der Waals surface area contributed by atoms with Crippen molar-refractivity contribution in [1.29, 1.82) is 0 Å². The fourth-order valence-corrected chi connectivity index (χ4v) is 3.13. The molecule has 1 unspecified atom stereocenters. The highest BCUT2D eigenvalue weighted by atomic mass is 79.9. The number of halogens is 1. The molecule has 0 spiro atoms. The molecule has 4 heteroatoms. The van der Waals surface area contributed by atoms with Crippen molar-refractivity contribution in [2.75, 3.05) is 18.4 Å². The second-order valence-corrected chi connectivity index (χ2v) is 5.45. The van der Waals surface area contributed by atoms with Crippen LogP contribution in [0.2, 0.25) is 0 Å². The maximum absolute atomic E-state index is 4.33. The Hall–Kier alpha value is 0.0700. The Bertz CT molecular complexity index is 263. The van der Waals surface area contributed by atoms with Gasteiger partial charge in [-0.1, -0.05) is 15.9 Å². The van der Waals surface area contributed by atoms with Crippen molar-refractivity contribution in [3.63, 3.8) is 0 Å². The first-order chi connectivity index (χ1) is 6.88. The first kappa shape index (κ1) is 10.6. The fourth-order valence-electron chi connectivity index (χ4n) is 1.94. The third kappa shape index (κ3) is 2.78. The van der Waals surface area contributed by atoms with Crippen LogP contribution in [0.1, 0.15) is 17.8 Å². The van der Waals surface area contributed by atoms with Crippen molar-refractivity contribution in [3.8, 4) is 0 Å². The van der Waals surface area contributed by atoms with Gasteiger partial charge in [0.1, 0.15) is 5.01 Å². The lowest BCUT2D eigenvalue weighted by atomic mass is 10.0. The zero-order chi connectivity index (χ0) is 9.80. The van der Waals surface area contributed by atoms with Crippen molar-refractivity contribution in [2.24, 2.45) is 5.92 Å². The lowest BCUT2D eigenvalue weighted by molar-refractivity contribution is 0.179. The van der Waals surface area contributed by atoms with Crippen LogP contribution in [0, 0.1) is 5.92 Å². The van der Waals surface area contributed by atoms with Crippen LogP contribution in [0.25, 0.3) is 0 Å². The molecule has 14 heavy (non-hydrogen) atoms. The molecule has 0 amide bonds. The maximum atomic E-state index is 4.33. The molecule has 2 heterocycles. The van der Waals surface area contributed by atoms with E-state index < -0.39 is 0 Å². The molecule has 1 aromatic heterocycles. The Labute approximate surface area is 97.5 Å². The Morgan fingerprint density at radius 3 is 3.29 bits per heavy atom. The van der Waals surface area contributed by atoms with E-state index in [9.17, 15) is 0 Å². The second-order valence-electron chi connectivity index (χ2n) is 3.82. The van der Waals surface area contributed by atoms with Crippen LogP contribution in [0.4, 0.5) is 0 Å². The van der Waals surface area contributed by atoms with Crippen LogP contribution in [0.15, 0.2) is 11.6 Å². The smallest absolute Gasteiger partial charge is 0.107 e. The van der Waals surface area contributed by atoms with Crippen LogP contribution in [0.5, 0.6) is 0 Å². The first-order valence-corrected chi connectivity index (χ1v) is 7.05. The topological polar surface area (TPSA) is 16.1 Å². The Kier molecular flexibility index (Phi) is 3.96. The summed E-state index contributed by atoms with van der Waals surface area (Å²) in [7, 11) is 0. The lowest BCUT2D eigenvalue weighted by Crippen LogP contribution is -2.35. The van der Waals surface area contributed by atoms with E-state index >= 15 is 0 Å². The molecule has 1 aromatic rings. The van der Waals surface area contributed by atoms with Crippen molar-refractivity contribution in [2.45, 2.75) is 19.4 Å². The summed E-state index contributed by atoms with van der Waals surface area (Å²) >= 11 is 5.34. The molecule has 0 aromatic carbocycles. The van der Waals surface area contributed by atoms with E-state index in [4.69, 9.17) is 0 Å². The summed E-state index contributed by atoms with van der Waals surface area (Å²) in [5.41, 5.74) is 0. The van der Waals surface area contributed by atoms with Gasteiger partial charge in [0.05, 0.1) is 6.54 Å². The predicted molar refractivity (Wildman–Crippen MR) is 63.9 cm³/mol. The number of piperidine rings is 1. The van der Waals surface area contributed by atoms with Gasteiger partial charge >= 0.3 is 0 Å². The second kappa shape index (κ2) is 5.24. The van der Waals surface area contributed by atoms with Gasteiger partial charge in [0.15, 0.2) is 0 Å². The van der Waals surface area contributed by atoms with Crippen molar-refractivity contribution >= 4 is 27.3 Å². The summed E-state index contributed by atoms with van der Waals surface area (Å²) in [6.07, 6.45) is 4.60. The third-order valence-corrected chi connectivity index (χ3v) is 4.34. The molecule has 2 rings (SSSR count). The number of likely N-dealkylation sites (tertiary alicyclic amines) is 1. The lowest BCUT2D eigenvalue weighted by Gasteiger charge is -2.31. The number of hydrogen-bond donors (Lipinski definition) is 0. The predicted octanol–water partition coefficient (Wildman–Crippen LogP) is 2.75. The van der Waals surface area contributed by atoms with E-state index in [2.05, 4.69) is 31.2 Å². The van der Waals surface area contributed by atoms with E-state index in [1.807, 2.05) is 6.20 Å². The quantitative estimate of drug-likeness (QED) is 0.788. The number of thiazole rings is 1. The van der Waals surface area contributed by atoms with Gasteiger partial charge in [-0.3, -0.25) is 4.90 Å². The summed E-state index contributed by atoms with van der Waals surface area (Å²) < 4.78 is 0. The summed E-state index contributed by atoms with van der Waals surface area (Å²) in [6.45, 7) is 3.51. The molecule has 0 radical (unpaired) electrons. The molecule has 1 aliphatic rings. The molecule has 78 valence electrons. The van der Waals surface area contributed by atoms with E-state index in [1.54, 1.807) is 11.3 Å². The average Bonchev–Trinajstić information content (AvgIpc) is 2.71. The van der Waals surface area contributed by atoms with Gasteiger partial charge in [-0.25, -0.2) is 4.98 Å². The van der Waals surface area contributed by atoms with Gasteiger partial charge in [-0.2, -0.15) is 0 Å². The normalized spacial score (nSPS) is 23.9. The fraction of sp³-hybridized carbons (Fsp3) is 0.700. The third-order valence-electron chi connectivity index (χ3n) is 2.66.